The minimum atomic E-state index is -0.345. The van der Waals surface area contributed by atoms with Gasteiger partial charge >= 0.3 is 0 Å². The van der Waals surface area contributed by atoms with Crippen molar-refractivity contribution in [3.8, 4) is 0 Å². The van der Waals surface area contributed by atoms with Crippen LogP contribution in [0.5, 0.6) is 0 Å². The normalized spacial score (nSPS) is 12.5. The summed E-state index contributed by atoms with van der Waals surface area (Å²) in [6.45, 7) is 3.46. The topological polar surface area (TPSA) is 64.4 Å². The van der Waals surface area contributed by atoms with E-state index >= 15 is 0 Å². The number of hydrogen-bond acceptors (Lipinski definition) is 3. The Morgan fingerprint density at radius 3 is 2.79 bits per heavy atom. The summed E-state index contributed by atoms with van der Waals surface area (Å²) in [5.41, 5.74) is 5.63. The molecule has 3 N–H and O–H groups in total. The van der Waals surface area contributed by atoms with E-state index in [0.29, 0.717) is 6.54 Å². The number of hydrogen-bond donors (Lipinski definition) is 2. The van der Waals surface area contributed by atoms with Crippen molar-refractivity contribution < 1.29 is 9.53 Å². The van der Waals surface area contributed by atoms with Gasteiger partial charge in [0.15, 0.2) is 0 Å². The predicted octanol–water partition coefficient (Wildman–Crippen LogP) is 0.657. The molecule has 0 aromatic carbocycles. The van der Waals surface area contributed by atoms with Crippen LogP contribution in [0.1, 0.15) is 32.6 Å². The fraction of sp³-hybridized carbons (Fsp3) is 0.900. The largest absolute Gasteiger partial charge is 0.385 e. The van der Waals surface area contributed by atoms with Crippen LogP contribution in [0.25, 0.3) is 0 Å². The number of nitrogens with two attached hydrogens (primary N) is 1. The summed E-state index contributed by atoms with van der Waals surface area (Å²) < 4.78 is 4.90. The van der Waals surface area contributed by atoms with E-state index in [9.17, 15) is 4.79 Å². The van der Waals surface area contributed by atoms with Crippen molar-refractivity contribution in [2.24, 2.45) is 5.73 Å². The predicted molar refractivity (Wildman–Crippen MR) is 57.0 cm³/mol. The van der Waals surface area contributed by atoms with Gasteiger partial charge in [-0.05, 0) is 19.3 Å². The molecule has 0 fully saturated rings. The van der Waals surface area contributed by atoms with Crippen LogP contribution >= 0.6 is 0 Å². The van der Waals surface area contributed by atoms with E-state index in [-0.39, 0.29) is 11.9 Å². The summed E-state index contributed by atoms with van der Waals surface area (Å²) in [4.78, 5) is 11.3. The Labute approximate surface area is 86.2 Å². The van der Waals surface area contributed by atoms with Gasteiger partial charge in [-0.2, -0.15) is 0 Å². The summed E-state index contributed by atoms with van der Waals surface area (Å²) in [6, 6.07) is -0.345. The van der Waals surface area contributed by atoms with Crippen LogP contribution in [0.15, 0.2) is 0 Å². The molecule has 0 aromatic rings. The summed E-state index contributed by atoms with van der Waals surface area (Å²) >= 11 is 0. The van der Waals surface area contributed by atoms with Crippen LogP contribution in [0.2, 0.25) is 0 Å². The van der Waals surface area contributed by atoms with Gasteiger partial charge < -0.3 is 15.8 Å². The molecule has 4 heteroatoms. The van der Waals surface area contributed by atoms with Crippen molar-refractivity contribution in [3.05, 3.63) is 0 Å². The SMILES string of the molecule is CCC[C@@H](N)C(=O)NCCCCOC. The lowest BCUT2D eigenvalue weighted by Crippen LogP contribution is -2.40. The van der Waals surface area contributed by atoms with Gasteiger partial charge in [0.25, 0.3) is 0 Å². The zero-order valence-electron chi connectivity index (χ0n) is 9.21. The van der Waals surface area contributed by atoms with E-state index in [2.05, 4.69) is 5.32 Å². The standard InChI is InChI=1S/C10H22N2O2/c1-3-6-9(11)10(13)12-7-4-5-8-14-2/h9H,3-8,11H2,1-2H3,(H,12,13)/t9-/m1/s1. The molecule has 0 saturated carbocycles. The molecule has 0 rings (SSSR count). The second kappa shape index (κ2) is 8.97. The van der Waals surface area contributed by atoms with Crippen molar-refractivity contribution >= 4 is 5.91 Å². The maximum atomic E-state index is 11.3. The van der Waals surface area contributed by atoms with E-state index in [1.165, 1.54) is 0 Å². The minimum Gasteiger partial charge on any atom is -0.385 e. The highest BCUT2D eigenvalue weighted by Crippen LogP contribution is 1.93. The molecule has 0 heterocycles. The highest BCUT2D eigenvalue weighted by Gasteiger charge is 2.10. The lowest BCUT2D eigenvalue weighted by atomic mass is 10.1. The quantitative estimate of drug-likeness (QED) is 0.568. The lowest BCUT2D eigenvalue weighted by Gasteiger charge is -2.10. The van der Waals surface area contributed by atoms with Crippen molar-refractivity contribution in [2.75, 3.05) is 20.3 Å². The summed E-state index contributed by atoms with van der Waals surface area (Å²) in [6.07, 6.45) is 3.61. The fourth-order valence-electron chi connectivity index (χ4n) is 1.16. The second-order valence-electron chi connectivity index (χ2n) is 3.39. The maximum Gasteiger partial charge on any atom is 0.236 e. The van der Waals surface area contributed by atoms with Gasteiger partial charge in [0.05, 0.1) is 6.04 Å². The first-order valence-electron chi connectivity index (χ1n) is 5.24. The van der Waals surface area contributed by atoms with Gasteiger partial charge in [-0.25, -0.2) is 0 Å². The first kappa shape index (κ1) is 13.4. The first-order valence-corrected chi connectivity index (χ1v) is 5.24. The van der Waals surface area contributed by atoms with E-state index < -0.39 is 0 Å². The molecule has 0 aromatic heterocycles. The Hall–Kier alpha value is -0.610. The third-order valence-corrected chi connectivity index (χ3v) is 2.01. The average Bonchev–Trinajstić information content (AvgIpc) is 2.17. The molecule has 0 aliphatic carbocycles. The Morgan fingerprint density at radius 2 is 2.21 bits per heavy atom. The van der Waals surface area contributed by atoms with Crippen LogP contribution in [0, 0.1) is 0 Å². The number of amides is 1. The molecule has 0 radical (unpaired) electrons. The number of unbranched alkanes of at least 4 members (excludes halogenated alkanes) is 1. The molecule has 14 heavy (non-hydrogen) atoms. The van der Waals surface area contributed by atoms with Crippen LogP contribution in [-0.2, 0) is 9.53 Å². The third kappa shape index (κ3) is 6.86. The summed E-state index contributed by atoms with van der Waals surface area (Å²) in [7, 11) is 1.68. The molecule has 0 aliphatic rings. The van der Waals surface area contributed by atoms with Crippen LogP contribution < -0.4 is 11.1 Å². The van der Waals surface area contributed by atoms with Crippen molar-refractivity contribution in [3.63, 3.8) is 0 Å². The number of rotatable bonds is 8. The van der Waals surface area contributed by atoms with Gasteiger partial charge in [0, 0.05) is 20.3 Å². The molecular formula is C10H22N2O2. The molecule has 0 unspecified atom stereocenters. The Bertz CT molecular complexity index is 151. The number of carbonyl (C=O) groups is 1. The van der Waals surface area contributed by atoms with E-state index in [4.69, 9.17) is 10.5 Å². The minimum absolute atomic E-state index is 0.0377. The zero-order chi connectivity index (χ0) is 10.8. The summed E-state index contributed by atoms with van der Waals surface area (Å²) in [5.74, 6) is -0.0377. The summed E-state index contributed by atoms with van der Waals surface area (Å²) in [5, 5.41) is 2.81. The molecule has 0 aliphatic heterocycles. The van der Waals surface area contributed by atoms with Gasteiger partial charge in [-0.3, -0.25) is 4.79 Å². The smallest absolute Gasteiger partial charge is 0.236 e. The first-order chi connectivity index (χ1) is 6.72. The number of ether oxygens (including phenoxy) is 1. The number of methoxy groups -OCH3 is 1. The van der Waals surface area contributed by atoms with E-state index in [0.717, 1.165) is 32.3 Å². The zero-order valence-corrected chi connectivity index (χ0v) is 9.21. The van der Waals surface area contributed by atoms with Crippen molar-refractivity contribution in [2.45, 2.75) is 38.6 Å². The highest BCUT2D eigenvalue weighted by atomic mass is 16.5. The van der Waals surface area contributed by atoms with Crippen molar-refractivity contribution in [1.29, 1.82) is 0 Å². The van der Waals surface area contributed by atoms with E-state index in [1.807, 2.05) is 6.92 Å². The number of carbonyl (C=O) groups excluding carboxylic acids is 1. The Kier molecular flexibility index (Phi) is 8.57. The van der Waals surface area contributed by atoms with Crippen molar-refractivity contribution in [1.82, 2.24) is 5.32 Å². The molecule has 0 spiro atoms. The average molecular weight is 202 g/mol. The fourth-order valence-corrected chi connectivity index (χ4v) is 1.16. The van der Waals surface area contributed by atoms with E-state index in [1.54, 1.807) is 7.11 Å². The highest BCUT2D eigenvalue weighted by molar-refractivity contribution is 5.81. The maximum absolute atomic E-state index is 11.3. The lowest BCUT2D eigenvalue weighted by molar-refractivity contribution is -0.122. The van der Waals surface area contributed by atoms with Crippen LogP contribution in [0.3, 0.4) is 0 Å². The van der Waals surface area contributed by atoms with Gasteiger partial charge in [0.2, 0.25) is 5.91 Å². The Balaban J connectivity index is 3.34. The van der Waals surface area contributed by atoms with Gasteiger partial charge in [0.1, 0.15) is 0 Å². The van der Waals surface area contributed by atoms with Crippen LogP contribution in [0.4, 0.5) is 0 Å². The van der Waals surface area contributed by atoms with Crippen LogP contribution in [-0.4, -0.2) is 32.2 Å². The molecule has 0 bridgehead atoms. The molecule has 0 saturated heterocycles. The Morgan fingerprint density at radius 1 is 1.50 bits per heavy atom. The molecule has 4 nitrogen and oxygen atoms in total. The molecule has 84 valence electrons. The molecule has 1 atom stereocenters. The second-order valence-corrected chi connectivity index (χ2v) is 3.39. The van der Waals surface area contributed by atoms with Gasteiger partial charge in [-0.1, -0.05) is 13.3 Å². The third-order valence-electron chi connectivity index (χ3n) is 2.01. The van der Waals surface area contributed by atoms with Gasteiger partial charge in [-0.15, -0.1) is 0 Å². The molecular weight excluding hydrogens is 180 g/mol. The monoisotopic (exact) mass is 202 g/mol. The number of nitrogens with one attached hydrogen (secondary N) is 1. The molecule has 1 amide bonds.